The van der Waals surface area contributed by atoms with Crippen LogP contribution in [0.15, 0.2) is 24.3 Å². The lowest BCUT2D eigenvalue weighted by atomic mass is 10.0. The van der Waals surface area contributed by atoms with E-state index in [9.17, 15) is 9.59 Å². The number of Topliss-reactive ketones (excluding diaryl/α,β-unsaturated/α-hetero) is 1. The van der Waals surface area contributed by atoms with Crippen molar-refractivity contribution in [3.63, 3.8) is 0 Å². The number of benzene rings is 1. The van der Waals surface area contributed by atoms with Gasteiger partial charge in [0.05, 0.1) is 9.99 Å². The van der Waals surface area contributed by atoms with Gasteiger partial charge in [0.15, 0.2) is 5.78 Å². The molecular weight excluding hydrogens is 329 g/mol. The highest BCUT2D eigenvalue weighted by molar-refractivity contribution is 14.1. The molecule has 0 radical (unpaired) electrons. The zero-order chi connectivity index (χ0) is 12.8. The van der Waals surface area contributed by atoms with Gasteiger partial charge < -0.3 is 4.90 Å². The van der Waals surface area contributed by atoms with E-state index in [-0.39, 0.29) is 11.7 Å². The predicted octanol–water partition coefficient (Wildman–Crippen LogP) is 2.79. The number of amides is 1. The van der Waals surface area contributed by atoms with E-state index in [0.717, 1.165) is 0 Å². The number of nitrogens with zero attached hydrogens (tertiary/aromatic N) is 1. The maximum absolute atomic E-state index is 12.2. The van der Waals surface area contributed by atoms with Gasteiger partial charge in [0.25, 0.3) is 5.91 Å². The second-order valence-electron chi connectivity index (χ2n) is 3.58. The summed E-state index contributed by atoms with van der Waals surface area (Å²) >= 11 is 2.02. The van der Waals surface area contributed by atoms with Gasteiger partial charge >= 0.3 is 0 Å². The summed E-state index contributed by atoms with van der Waals surface area (Å²) in [5.41, 5.74) is 1.04. The van der Waals surface area contributed by atoms with Crippen LogP contribution in [-0.4, -0.2) is 34.1 Å². The molecule has 1 aromatic rings. The third kappa shape index (κ3) is 3.28. The fraction of sp³-hybridized carbons (Fsp3) is 0.385. The topological polar surface area (TPSA) is 37.4 Å². The minimum absolute atomic E-state index is 0.00158. The van der Waals surface area contributed by atoms with Crippen molar-refractivity contribution in [2.75, 3.05) is 17.5 Å². The molecule has 1 aromatic carbocycles. The average molecular weight is 345 g/mol. The minimum atomic E-state index is -0.0659. The lowest BCUT2D eigenvalue weighted by Crippen LogP contribution is -2.31. The Morgan fingerprint density at radius 2 is 1.65 bits per heavy atom. The van der Waals surface area contributed by atoms with Crippen LogP contribution in [-0.2, 0) is 0 Å². The average Bonchev–Trinajstić information content (AvgIpc) is 2.39. The molecule has 0 aliphatic rings. The van der Waals surface area contributed by atoms with E-state index in [4.69, 9.17) is 0 Å². The molecule has 1 amide bonds. The first-order chi connectivity index (χ1) is 8.15. The number of hydrogen-bond acceptors (Lipinski definition) is 2. The van der Waals surface area contributed by atoms with Crippen LogP contribution in [0.25, 0.3) is 0 Å². The Labute approximate surface area is 115 Å². The number of carbonyl (C=O) groups excluding carboxylic acids is 2. The maximum Gasteiger partial charge on any atom is 0.254 e. The standard InChI is InChI=1S/C13H16INO2/c1-3-15(4-2)13(17)11-8-6-5-7-10(11)12(16)9-14/h5-8H,3-4,9H2,1-2H3. The van der Waals surface area contributed by atoms with Crippen LogP contribution in [0.3, 0.4) is 0 Å². The van der Waals surface area contributed by atoms with Gasteiger partial charge in [-0.1, -0.05) is 40.8 Å². The van der Waals surface area contributed by atoms with Gasteiger partial charge in [-0.3, -0.25) is 9.59 Å². The maximum atomic E-state index is 12.2. The highest BCUT2D eigenvalue weighted by Crippen LogP contribution is 2.13. The molecule has 0 aromatic heterocycles. The van der Waals surface area contributed by atoms with Crippen molar-refractivity contribution in [3.8, 4) is 0 Å². The SMILES string of the molecule is CCN(CC)C(=O)c1ccccc1C(=O)CI. The second kappa shape index (κ2) is 6.74. The molecule has 0 N–H and O–H groups in total. The lowest BCUT2D eigenvalue weighted by Gasteiger charge is -2.19. The molecule has 0 spiro atoms. The fourth-order valence-corrected chi connectivity index (χ4v) is 2.08. The molecule has 0 saturated heterocycles. The number of alkyl halides is 1. The summed E-state index contributed by atoms with van der Waals surface area (Å²) in [4.78, 5) is 25.7. The zero-order valence-electron chi connectivity index (χ0n) is 10.1. The predicted molar refractivity (Wildman–Crippen MR) is 76.9 cm³/mol. The Kier molecular flexibility index (Phi) is 5.61. The molecule has 17 heavy (non-hydrogen) atoms. The van der Waals surface area contributed by atoms with Gasteiger partial charge in [-0.15, -0.1) is 0 Å². The highest BCUT2D eigenvalue weighted by atomic mass is 127. The van der Waals surface area contributed by atoms with E-state index < -0.39 is 0 Å². The van der Waals surface area contributed by atoms with Crippen LogP contribution in [0.5, 0.6) is 0 Å². The van der Waals surface area contributed by atoms with Crippen molar-refractivity contribution in [3.05, 3.63) is 35.4 Å². The van der Waals surface area contributed by atoms with Gasteiger partial charge in [0.1, 0.15) is 0 Å². The Bertz CT molecular complexity index is 414. The summed E-state index contributed by atoms with van der Waals surface area (Å²) in [6.45, 7) is 5.18. The molecular formula is C13H16INO2. The van der Waals surface area contributed by atoms with Crippen molar-refractivity contribution in [1.29, 1.82) is 0 Å². The smallest absolute Gasteiger partial charge is 0.254 e. The quantitative estimate of drug-likeness (QED) is 0.468. The van der Waals surface area contributed by atoms with Crippen LogP contribution < -0.4 is 0 Å². The Morgan fingerprint density at radius 1 is 1.12 bits per heavy atom. The number of rotatable bonds is 5. The van der Waals surface area contributed by atoms with Crippen LogP contribution >= 0.6 is 22.6 Å². The summed E-state index contributed by atoms with van der Waals surface area (Å²) in [6, 6.07) is 7.02. The number of hydrogen-bond donors (Lipinski definition) is 0. The minimum Gasteiger partial charge on any atom is -0.339 e. The first-order valence-corrected chi connectivity index (χ1v) is 7.15. The molecule has 4 heteroatoms. The van der Waals surface area contributed by atoms with Gasteiger partial charge in [0.2, 0.25) is 0 Å². The first-order valence-electron chi connectivity index (χ1n) is 5.63. The zero-order valence-corrected chi connectivity index (χ0v) is 12.2. The molecule has 0 aliphatic heterocycles. The Balaban J connectivity index is 3.13. The third-order valence-electron chi connectivity index (χ3n) is 2.63. The van der Waals surface area contributed by atoms with Crippen LogP contribution in [0.1, 0.15) is 34.6 Å². The van der Waals surface area contributed by atoms with E-state index >= 15 is 0 Å². The first kappa shape index (κ1) is 14.2. The summed E-state index contributed by atoms with van der Waals surface area (Å²) in [5.74, 6) is -0.0643. The van der Waals surface area contributed by atoms with Gasteiger partial charge in [0, 0.05) is 18.7 Å². The Hall–Kier alpha value is -0.910. The van der Waals surface area contributed by atoms with E-state index in [0.29, 0.717) is 28.6 Å². The second-order valence-corrected chi connectivity index (χ2v) is 4.34. The normalized spacial score (nSPS) is 10.1. The fourth-order valence-electron chi connectivity index (χ4n) is 1.67. The van der Waals surface area contributed by atoms with Gasteiger partial charge in [-0.2, -0.15) is 0 Å². The van der Waals surface area contributed by atoms with E-state index in [1.165, 1.54) is 0 Å². The molecule has 0 saturated carbocycles. The molecule has 0 unspecified atom stereocenters. The molecule has 0 fully saturated rings. The summed E-state index contributed by atoms with van der Waals surface area (Å²) < 4.78 is 0.389. The van der Waals surface area contributed by atoms with Gasteiger partial charge in [-0.05, 0) is 19.9 Å². The number of ketones is 1. The lowest BCUT2D eigenvalue weighted by molar-refractivity contribution is 0.0768. The van der Waals surface area contributed by atoms with E-state index in [2.05, 4.69) is 0 Å². The van der Waals surface area contributed by atoms with Crippen molar-refractivity contribution in [2.45, 2.75) is 13.8 Å². The third-order valence-corrected chi connectivity index (χ3v) is 3.32. The molecule has 0 bridgehead atoms. The van der Waals surface area contributed by atoms with Crippen molar-refractivity contribution in [1.82, 2.24) is 4.90 Å². The summed E-state index contributed by atoms with van der Waals surface area (Å²) in [7, 11) is 0. The number of halogens is 1. The van der Waals surface area contributed by atoms with Crippen molar-refractivity contribution < 1.29 is 9.59 Å². The molecule has 0 atom stereocenters. The van der Waals surface area contributed by atoms with Crippen LogP contribution in [0, 0.1) is 0 Å². The molecule has 1 rings (SSSR count). The largest absolute Gasteiger partial charge is 0.339 e. The van der Waals surface area contributed by atoms with Crippen LogP contribution in [0.2, 0.25) is 0 Å². The molecule has 0 aliphatic carbocycles. The number of carbonyl (C=O) groups is 2. The summed E-state index contributed by atoms with van der Waals surface area (Å²) in [5, 5.41) is 0. The molecule has 0 heterocycles. The van der Waals surface area contributed by atoms with E-state index in [1.807, 2.05) is 36.4 Å². The highest BCUT2D eigenvalue weighted by Gasteiger charge is 2.18. The summed E-state index contributed by atoms with van der Waals surface area (Å²) in [6.07, 6.45) is 0. The molecule has 92 valence electrons. The van der Waals surface area contributed by atoms with Crippen molar-refractivity contribution >= 4 is 34.3 Å². The van der Waals surface area contributed by atoms with Gasteiger partial charge in [-0.25, -0.2) is 0 Å². The monoisotopic (exact) mass is 345 g/mol. The Morgan fingerprint density at radius 3 is 2.12 bits per heavy atom. The molecule has 3 nitrogen and oxygen atoms in total. The van der Waals surface area contributed by atoms with Crippen LogP contribution in [0.4, 0.5) is 0 Å². The van der Waals surface area contributed by atoms with Crippen molar-refractivity contribution in [2.24, 2.45) is 0 Å². The van der Waals surface area contributed by atoms with E-state index in [1.54, 1.807) is 29.2 Å².